The molecule has 2 N–H and O–H groups in total. The molecule has 0 atom stereocenters. The van der Waals surface area contributed by atoms with Gasteiger partial charge in [0, 0.05) is 0 Å². The average molecular weight is 134 g/mol. The van der Waals surface area contributed by atoms with E-state index in [1.807, 2.05) is 27.0 Å². The lowest BCUT2D eigenvalue weighted by Crippen LogP contribution is -1.87. The number of nitrogens with zero attached hydrogens (tertiary/aromatic N) is 1. The molecule has 0 heterocycles. The van der Waals surface area contributed by atoms with Gasteiger partial charge in [0.1, 0.15) is 0 Å². The number of rotatable bonds is 0. The van der Waals surface area contributed by atoms with Crippen LogP contribution in [-0.4, -0.2) is 11.3 Å². The molecule has 0 aliphatic carbocycles. The predicted molar refractivity (Wildman–Crippen MR) is 42.2 cm³/mol. The molecule has 0 aromatic carbocycles. The van der Waals surface area contributed by atoms with E-state index < -0.39 is 0 Å². The van der Waals surface area contributed by atoms with Gasteiger partial charge in [0.05, 0.1) is 5.04 Å². The second-order valence-corrected chi connectivity index (χ2v) is 1.85. The summed E-state index contributed by atoms with van der Waals surface area (Å²) in [6.07, 6.45) is 1.94. The fraction of sp³-hybridized carbons (Fsp3) is 0.800. The zero-order valence-electron chi connectivity index (χ0n) is 5.93. The van der Waals surface area contributed by atoms with Crippen LogP contribution in [0.1, 0.15) is 20.8 Å². The number of thioether (sulfide) groups is 1. The van der Waals surface area contributed by atoms with Crippen LogP contribution in [0.5, 0.6) is 0 Å². The number of hydrogen-bond donors (Lipinski definition) is 1. The molecule has 2 nitrogen and oxygen atoms in total. The minimum Gasteiger partial charge on any atom is -0.323 e. The Hall–Kier alpha value is -0.180. The zero-order valence-corrected chi connectivity index (χ0v) is 6.75. The highest BCUT2D eigenvalue weighted by Crippen LogP contribution is 1.91. The van der Waals surface area contributed by atoms with Crippen molar-refractivity contribution in [3.63, 3.8) is 0 Å². The first-order valence-electron chi connectivity index (χ1n) is 2.59. The van der Waals surface area contributed by atoms with E-state index in [9.17, 15) is 0 Å². The highest BCUT2D eigenvalue weighted by atomic mass is 32.2. The molecular weight excluding hydrogens is 120 g/mol. The summed E-state index contributed by atoms with van der Waals surface area (Å²) >= 11 is 1.55. The van der Waals surface area contributed by atoms with Crippen LogP contribution >= 0.6 is 11.8 Å². The minimum atomic E-state index is 0.912. The van der Waals surface area contributed by atoms with Crippen molar-refractivity contribution in [2.45, 2.75) is 20.8 Å². The summed E-state index contributed by atoms with van der Waals surface area (Å²) in [4.78, 5) is 0. The first-order chi connectivity index (χ1) is 3.81. The first-order valence-corrected chi connectivity index (χ1v) is 3.82. The first kappa shape index (κ1) is 10.7. The Morgan fingerprint density at radius 1 is 1.50 bits per heavy atom. The summed E-state index contributed by atoms with van der Waals surface area (Å²) in [5.74, 6) is 4.85. The third kappa shape index (κ3) is 9.27. The lowest BCUT2D eigenvalue weighted by atomic mass is 10.9. The van der Waals surface area contributed by atoms with E-state index in [-0.39, 0.29) is 0 Å². The van der Waals surface area contributed by atoms with Crippen LogP contribution < -0.4 is 5.84 Å². The molecular formula is C5H14N2S. The molecule has 0 radical (unpaired) electrons. The predicted octanol–water partition coefficient (Wildman–Crippen LogP) is 1.67. The fourth-order valence-corrected chi connectivity index (χ4v) is 0.158. The molecule has 0 aromatic heterocycles. The van der Waals surface area contributed by atoms with Crippen molar-refractivity contribution in [3.05, 3.63) is 0 Å². The van der Waals surface area contributed by atoms with Gasteiger partial charge < -0.3 is 5.84 Å². The van der Waals surface area contributed by atoms with E-state index in [0.717, 1.165) is 5.04 Å². The van der Waals surface area contributed by atoms with Gasteiger partial charge in [-0.15, -0.1) is 11.8 Å². The maximum atomic E-state index is 4.85. The highest BCUT2D eigenvalue weighted by molar-refractivity contribution is 8.13. The molecule has 8 heavy (non-hydrogen) atoms. The fourth-order valence-electron chi connectivity index (χ4n) is 0.0527. The van der Waals surface area contributed by atoms with Gasteiger partial charge in [0.2, 0.25) is 0 Å². The van der Waals surface area contributed by atoms with E-state index in [1.54, 1.807) is 11.8 Å². The topological polar surface area (TPSA) is 38.4 Å². The zero-order chi connectivity index (χ0) is 6.99. The molecule has 3 heteroatoms. The summed E-state index contributed by atoms with van der Waals surface area (Å²) in [6, 6.07) is 0. The molecule has 0 bridgehead atoms. The average Bonchev–Trinajstić information content (AvgIpc) is 1.91. The van der Waals surface area contributed by atoms with Gasteiger partial charge in [-0.05, 0) is 13.2 Å². The van der Waals surface area contributed by atoms with Gasteiger partial charge in [-0.2, -0.15) is 5.10 Å². The minimum absolute atomic E-state index is 0.912. The normalized spacial score (nSPS) is 9.75. The van der Waals surface area contributed by atoms with Crippen molar-refractivity contribution in [1.29, 1.82) is 0 Å². The Morgan fingerprint density at radius 2 is 1.88 bits per heavy atom. The van der Waals surface area contributed by atoms with Crippen LogP contribution in [0.25, 0.3) is 0 Å². The van der Waals surface area contributed by atoms with Crippen molar-refractivity contribution in [2.75, 3.05) is 6.26 Å². The summed E-state index contributed by atoms with van der Waals surface area (Å²) in [5, 5.41) is 4.30. The molecule has 0 aromatic rings. The maximum Gasteiger partial charge on any atom is 0.0895 e. The van der Waals surface area contributed by atoms with Gasteiger partial charge in [-0.3, -0.25) is 0 Å². The largest absolute Gasteiger partial charge is 0.323 e. The SMILES string of the molecule is CC.CS/C(C)=N\N. The third-order valence-corrected chi connectivity index (χ3v) is 1.17. The number of hydrogen-bond acceptors (Lipinski definition) is 3. The molecule has 0 saturated heterocycles. The molecule has 0 spiro atoms. The standard InChI is InChI=1S/C3H8N2S.C2H6/c1-3(5-4)6-2;1-2/h4H2,1-2H3;1-2H3/b5-3-;. The summed E-state index contributed by atoms with van der Waals surface area (Å²) in [6.45, 7) is 5.87. The Morgan fingerprint density at radius 3 is 1.88 bits per heavy atom. The van der Waals surface area contributed by atoms with Gasteiger partial charge in [0.25, 0.3) is 0 Å². The van der Waals surface area contributed by atoms with Crippen LogP contribution in [-0.2, 0) is 0 Å². The van der Waals surface area contributed by atoms with Crippen molar-refractivity contribution in [2.24, 2.45) is 10.9 Å². The van der Waals surface area contributed by atoms with Crippen LogP contribution in [0.15, 0.2) is 5.10 Å². The molecule has 0 aliphatic heterocycles. The molecule has 0 rings (SSSR count). The summed E-state index contributed by atoms with van der Waals surface area (Å²) in [7, 11) is 0. The molecule has 0 saturated carbocycles. The van der Waals surface area contributed by atoms with Crippen molar-refractivity contribution < 1.29 is 0 Å². The number of nitrogens with two attached hydrogens (primary N) is 1. The molecule has 0 fully saturated rings. The van der Waals surface area contributed by atoms with E-state index in [2.05, 4.69) is 5.10 Å². The quantitative estimate of drug-likeness (QED) is 0.237. The smallest absolute Gasteiger partial charge is 0.0895 e. The number of hydrazone groups is 1. The summed E-state index contributed by atoms with van der Waals surface area (Å²) in [5.41, 5.74) is 0. The van der Waals surface area contributed by atoms with Gasteiger partial charge in [-0.25, -0.2) is 0 Å². The Bertz CT molecular complexity index is 61.4. The second kappa shape index (κ2) is 9.94. The van der Waals surface area contributed by atoms with Crippen LogP contribution in [0, 0.1) is 0 Å². The van der Waals surface area contributed by atoms with Crippen LogP contribution in [0.4, 0.5) is 0 Å². The van der Waals surface area contributed by atoms with Crippen molar-refractivity contribution >= 4 is 16.8 Å². The van der Waals surface area contributed by atoms with E-state index in [4.69, 9.17) is 5.84 Å². The highest BCUT2D eigenvalue weighted by Gasteiger charge is 1.76. The Labute approximate surface area is 55.5 Å². The second-order valence-electron chi connectivity index (χ2n) is 0.852. The lowest BCUT2D eigenvalue weighted by molar-refractivity contribution is 1.26. The van der Waals surface area contributed by atoms with E-state index >= 15 is 0 Å². The molecule has 0 unspecified atom stereocenters. The van der Waals surface area contributed by atoms with Gasteiger partial charge >= 0.3 is 0 Å². The van der Waals surface area contributed by atoms with Crippen LogP contribution in [0.2, 0.25) is 0 Å². The van der Waals surface area contributed by atoms with Gasteiger partial charge in [0.15, 0.2) is 0 Å². The monoisotopic (exact) mass is 134 g/mol. The maximum absolute atomic E-state index is 4.85. The van der Waals surface area contributed by atoms with Crippen molar-refractivity contribution in [1.82, 2.24) is 0 Å². The third-order valence-electron chi connectivity index (χ3n) is 0.477. The van der Waals surface area contributed by atoms with Crippen LogP contribution in [0.3, 0.4) is 0 Å². The lowest BCUT2D eigenvalue weighted by Gasteiger charge is -1.83. The molecule has 50 valence electrons. The Kier molecular flexibility index (Phi) is 13.3. The van der Waals surface area contributed by atoms with Crippen molar-refractivity contribution in [3.8, 4) is 0 Å². The Balaban J connectivity index is 0. The van der Waals surface area contributed by atoms with Gasteiger partial charge in [-0.1, -0.05) is 13.8 Å². The van der Waals surface area contributed by atoms with E-state index in [0.29, 0.717) is 0 Å². The molecule has 0 amide bonds. The molecule has 0 aliphatic rings. The summed E-state index contributed by atoms with van der Waals surface area (Å²) < 4.78 is 0. The van der Waals surface area contributed by atoms with E-state index in [1.165, 1.54) is 0 Å².